The Bertz CT molecular complexity index is 966. The van der Waals surface area contributed by atoms with Crippen molar-refractivity contribution in [2.24, 2.45) is 5.92 Å². The lowest BCUT2D eigenvalue weighted by Gasteiger charge is -2.33. The lowest BCUT2D eigenvalue weighted by molar-refractivity contribution is -0.134. The number of carbonyl (C=O) groups is 2. The maximum Gasteiger partial charge on any atom is 0.324 e. The molecule has 0 bridgehead atoms. The second-order valence-corrected chi connectivity index (χ2v) is 7.32. The van der Waals surface area contributed by atoms with Gasteiger partial charge in [-0.15, -0.1) is 10.2 Å². The van der Waals surface area contributed by atoms with E-state index < -0.39 is 11.9 Å². The Hall–Kier alpha value is -2.88. The van der Waals surface area contributed by atoms with Crippen LogP contribution in [0.25, 0.3) is 11.0 Å². The Morgan fingerprint density at radius 3 is 2.89 bits per heavy atom. The summed E-state index contributed by atoms with van der Waals surface area (Å²) in [6, 6.07) is 7.13. The SMILES string of the molecule is CC1NC(=O)N(C)C(=O)C1Cc1nnc(SCc2nc3ccccc3[nH]2)o1. The molecule has 140 valence electrons. The Balaban J connectivity index is 1.39. The van der Waals surface area contributed by atoms with Gasteiger partial charge in [-0.2, -0.15) is 0 Å². The molecule has 3 aromatic rings. The normalized spacial score (nSPS) is 20.3. The summed E-state index contributed by atoms with van der Waals surface area (Å²) in [5, 5.41) is 11.2. The van der Waals surface area contributed by atoms with E-state index in [2.05, 4.69) is 25.5 Å². The van der Waals surface area contributed by atoms with Crippen molar-refractivity contribution >= 4 is 34.7 Å². The fourth-order valence-electron chi connectivity index (χ4n) is 2.99. The van der Waals surface area contributed by atoms with Crippen molar-refractivity contribution in [3.05, 3.63) is 36.0 Å². The number of benzene rings is 1. The highest BCUT2D eigenvalue weighted by Crippen LogP contribution is 2.24. The number of H-pyrrole nitrogens is 1. The first-order valence-electron chi connectivity index (χ1n) is 8.48. The number of imide groups is 1. The van der Waals surface area contributed by atoms with E-state index in [4.69, 9.17) is 4.42 Å². The average molecular weight is 386 g/mol. The van der Waals surface area contributed by atoms with Gasteiger partial charge in [0.15, 0.2) is 0 Å². The minimum absolute atomic E-state index is 0.249. The van der Waals surface area contributed by atoms with Gasteiger partial charge in [-0.1, -0.05) is 23.9 Å². The van der Waals surface area contributed by atoms with Gasteiger partial charge in [0.05, 0.1) is 22.7 Å². The summed E-state index contributed by atoms with van der Waals surface area (Å²) in [7, 11) is 1.46. The molecule has 2 unspecified atom stereocenters. The van der Waals surface area contributed by atoms with Gasteiger partial charge in [0.2, 0.25) is 11.8 Å². The zero-order valence-corrected chi connectivity index (χ0v) is 15.6. The molecule has 2 aromatic heterocycles. The van der Waals surface area contributed by atoms with E-state index in [0.717, 1.165) is 21.8 Å². The number of hydrogen-bond acceptors (Lipinski definition) is 7. The van der Waals surface area contributed by atoms with Gasteiger partial charge in [0.25, 0.3) is 5.22 Å². The Kier molecular flexibility index (Phi) is 4.56. The maximum absolute atomic E-state index is 12.3. The number of aromatic nitrogens is 4. The van der Waals surface area contributed by atoms with Crippen molar-refractivity contribution in [1.29, 1.82) is 0 Å². The summed E-state index contributed by atoms with van der Waals surface area (Å²) in [6.45, 7) is 1.79. The van der Waals surface area contributed by atoms with E-state index >= 15 is 0 Å². The molecule has 1 aliphatic heterocycles. The average Bonchev–Trinajstić information content (AvgIpc) is 3.28. The molecule has 1 fully saturated rings. The van der Waals surface area contributed by atoms with E-state index in [1.54, 1.807) is 6.92 Å². The van der Waals surface area contributed by atoms with Gasteiger partial charge >= 0.3 is 6.03 Å². The van der Waals surface area contributed by atoms with Crippen molar-refractivity contribution < 1.29 is 14.0 Å². The molecule has 1 aliphatic rings. The molecule has 0 spiro atoms. The number of amides is 3. The van der Waals surface area contributed by atoms with E-state index in [-0.39, 0.29) is 18.4 Å². The number of urea groups is 1. The molecule has 2 atom stereocenters. The number of aromatic amines is 1. The monoisotopic (exact) mass is 386 g/mol. The largest absolute Gasteiger partial charge is 0.416 e. The summed E-state index contributed by atoms with van der Waals surface area (Å²) in [4.78, 5) is 32.8. The molecular weight excluding hydrogens is 368 g/mol. The number of carbonyl (C=O) groups excluding carboxylic acids is 2. The van der Waals surface area contributed by atoms with Gasteiger partial charge in [-0.25, -0.2) is 9.78 Å². The summed E-state index contributed by atoms with van der Waals surface area (Å²) in [5.74, 6) is 1.08. The van der Waals surface area contributed by atoms with Crippen molar-refractivity contribution in [2.75, 3.05) is 7.05 Å². The molecule has 0 aliphatic carbocycles. The van der Waals surface area contributed by atoms with Crippen LogP contribution >= 0.6 is 11.8 Å². The number of rotatable bonds is 5. The lowest BCUT2D eigenvalue weighted by Crippen LogP contribution is -2.58. The number of hydrogen-bond donors (Lipinski definition) is 2. The Labute approximate surface area is 158 Å². The zero-order valence-electron chi connectivity index (χ0n) is 14.8. The van der Waals surface area contributed by atoms with Crippen LogP contribution in [0.2, 0.25) is 0 Å². The molecule has 0 saturated carbocycles. The van der Waals surface area contributed by atoms with E-state index in [9.17, 15) is 9.59 Å². The number of thioether (sulfide) groups is 1. The first kappa shape index (κ1) is 17.5. The standard InChI is InChI=1S/C17H18N6O3S/c1-9-10(15(24)23(2)16(25)18-9)7-14-21-22-17(26-14)27-8-13-19-11-5-3-4-6-12(11)20-13/h3-6,9-10H,7-8H2,1-2H3,(H,18,25)(H,19,20). The minimum Gasteiger partial charge on any atom is -0.416 e. The number of imidazole rings is 1. The molecule has 3 heterocycles. The predicted molar refractivity (Wildman–Crippen MR) is 97.9 cm³/mol. The fraction of sp³-hybridized carbons (Fsp3) is 0.353. The van der Waals surface area contributed by atoms with Gasteiger partial charge in [-0.3, -0.25) is 9.69 Å². The summed E-state index contributed by atoms with van der Waals surface area (Å²) in [5.41, 5.74) is 1.89. The smallest absolute Gasteiger partial charge is 0.324 e. The third-order valence-electron chi connectivity index (χ3n) is 4.52. The quantitative estimate of drug-likeness (QED) is 0.644. The highest BCUT2D eigenvalue weighted by Gasteiger charge is 2.37. The molecule has 3 amide bonds. The lowest BCUT2D eigenvalue weighted by atomic mass is 9.94. The number of para-hydroxylation sites is 2. The summed E-state index contributed by atoms with van der Waals surface area (Å²) in [6.07, 6.45) is 0.281. The van der Waals surface area contributed by atoms with Crippen molar-refractivity contribution in [3.8, 4) is 0 Å². The maximum atomic E-state index is 12.3. The molecule has 10 heteroatoms. The zero-order chi connectivity index (χ0) is 19.0. The molecule has 9 nitrogen and oxygen atoms in total. The molecule has 1 aromatic carbocycles. The molecule has 0 radical (unpaired) electrons. The second kappa shape index (κ2) is 7.03. The second-order valence-electron chi connectivity index (χ2n) is 6.40. The van der Waals surface area contributed by atoms with E-state index in [1.165, 1.54) is 18.8 Å². The molecule has 27 heavy (non-hydrogen) atoms. The van der Waals surface area contributed by atoms with Crippen LogP contribution in [0.15, 0.2) is 33.9 Å². The highest BCUT2D eigenvalue weighted by atomic mass is 32.2. The third-order valence-corrected chi connectivity index (χ3v) is 5.35. The number of nitrogens with one attached hydrogen (secondary N) is 2. The fourth-order valence-corrected chi connectivity index (χ4v) is 3.64. The Morgan fingerprint density at radius 1 is 1.26 bits per heavy atom. The van der Waals surface area contributed by atoms with Crippen molar-refractivity contribution in [1.82, 2.24) is 30.4 Å². The highest BCUT2D eigenvalue weighted by molar-refractivity contribution is 7.98. The van der Waals surface area contributed by atoms with E-state index in [0.29, 0.717) is 16.9 Å². The predicted octanol–water partition coefficient (Wildman–Crippen LogP) is 1.97. The molecular formula is C17H18N6O3S. The van der Waals surface area contributed by atoms with Gasteiger partial charge < -0.3 is 14.7 Å². The van der Waals surface area contributed by atoms with Crippen LogP contribution in [0.3, 0.4) is 0 Å². The van der Waals surface area contributed by atoms with E-state index in [1.807, 2.05) is 24.3 Å². The van der Waals surface area contributed by atoms with Crippen LogP contribution in [0, 0.1) is 5.92 Å². The summed E-state index contributed by atoms with van der Waals surface area (Å²) >= 11 is 1.38. The summed E-state index contributed by atoms with van der Waals surface area (Å²) < 4.78 is 5.66. The van der Waals surface area contributed by atoms with Crippen LogP contribution in [0.1, 0.15) is 18.6 Å². The topological polar surface area (TPSA) is 117 Å². The molecule has 2 N–H and O–H groups in total. The molecule has 4 rings (SSSR count). The van der Waals surface area contributed by atoms with Crippen LogP contribution in [-0.2, 0) is 17.0 Å². The van der Waals surface area contributed by atoms with Crippen LogP contribution < -0.4 is 5.32 Å². The number of fused-ring (bicyclic) bond motifs is 1. The van der Waals surface area contributed by atoms with Crippen molar-refractivity contribution in [2.45, 2.75) is 30.4 Å². The van der Waals surface area contributed by atoms with Crippen LogP contribution in [0.4, 0.5) is 4.79 Å². The minimum atomic E-state index is -0.429. The van der Waals surface area contributed by atoms with Crippen LogP contribution in [-0.4, -0.2) is 50.1 Å². The molecule has 1 saturated heterocycles. The first-order valence-corrected chi connectivity index (χ1v) is 9.46. The number of nitrogens with zero attached hydrogens (tertiary/aromatic N) is 4. The van der Waals surface area contributed by atoms with Gasteiger partial charge in [-0.05, 0) is 19.1 Å². The van der Waals surface area contributed by atoms with Crippen molar-refractivity contribution in [3.63, 3.8) is 0 Å². The first-order chi connectivity index (χ1) is 13.0. The van der Waals surface area contributed by atoms with Crippen LogP contribution in [0.5, 0.6) is 0 Å². The third kappa shape index (κ3) is 3.52. The Morgan fingerprint density at radius 2 is 2.07 bits per heavy atom. The van der Waals surface area contributed by atoms with Gasteiger partial charge in [0.1, 0.15) is 5.82 Å². The van der Waals surface area contributed by atoms with Gasteiger partial charge in [0, 0.05) is 19.5 Å².